The van der Waals surface area contributed by atoms with E-state index >= 15 is 0 Å². The van der Waals surface area contributed by atoms with Gasteiger partial charge in [0.05, 0.1) is 23.1 Å². The number of rotatable bonds is 10. The molecular formula is C26H31N3O6. The number of nitro groups is 1. The fraction of sp³-hybridized carbons (Fsp3) is 0.385. The number of ketones is 1. The van der Waals surface area contributed by atoms with E-state index in [1.54, 1.807) is 24.3 Å². The van der Waals surface area contributed by atoms with Crippen LogP contribution in [0.25, 0.3) is 5.76 Å². The predicted octanol–water partition coefficient (Wildman–Crippen LogP) is 4.00. The molecule has 0 radical (unpaired) electrons. The number of aliphatic hydroxyl groups excluding tert-OH is 1. The third-order valence-electron chi connectivity index (χ3n) is 5.65. The number of non-ortho nitro benzene ring substituents is 1. The molecule has 1 heterocycles. The van der Waals surface area contributed by atoms with Crippen LogP contribution in [0, 0.1) is 16.0 Å². The van der Waals surface area contributed by atoms with Crippen LogP contribution < -0.4 is 4.74 Å². The van der Waals surface area contributed by atoms with Gasteiger partial charge in [0.25, 0.3) is 17.4 Å². The third-order valence-corrected chi connectivity index (χ3v) is 5.65. The molecule has 2 aromatic rings. The van der Waals surface area contributed by atoms with Crippen LogP contribution in [0.5, 0.6) is 5.75 Å². The minimum atomic E-state index is -0.810. The van der Waals surface area contributed by atoms with Crippen LogP contribution in [0.1, 0.15) is 37.4 Å². The van der Waals surface area contributed by atoms with Crippen molar-refractivity contribution in [2.75, 3.05) is 33.8 Å². The first-order chi connectivity index (χ1) is 16.6. The van der Waals surface area contributed by atoms with E-state index in [1.165, 1.54) is 29.2 Å². The number of nitro benzene ring substituents is 1. The summed E-state index contributed by atoms with van der Waals surface area (Å²) in [5.74, 6) is -0.926. The van der Waals surface area contributed by atoms with Crippen molar-refractivity contribution in [3.8, 4) is 5.75 Å². The second-order valence-electron chi connectivity index (χ2n) is 9.23. The van der Waals surface area contributed by atoms with Crippen molar-refractivity contribution >= 4 is 23.1 Å². The van der Waals surface area contributed by atoms with Crippen molar-refractivity contribution < 1.29 is 24.4 Å². The Morgan fingerprint density at radius 2 is 1.86 bits per heavy atom. The topological polar surface area (TPSA) is 113 Å². The number of hydrogen-bond acceptors (Lipinski definition) is 7. The quantitative estimate of drug-likeness (QED) is 0.179. The predicted molar refractivity (Wildman–Crippen MR) is 132 cm³/mol. The molecule has 35 heavy (non-hydrogen) atoms. The number of amides is 1. The van der Waals surface area contributed by atoms with E-state index in [-0.39, 0.29) is 22.6 Å². The maximum atomic E-state index is 13.1. The summed E-state index contributed by atoms with van der Waals surface area (Å²) in [6, 6.07) is 11.6. The highest BCUT2D eigenvalue weighted by Gasteiger charge is 2.45. The summed E-state index contributed by atoms with van der Waals surface area (Å²) in [5, 5.41) is 22.1. The lowest BCUT2D eigenvalue weighted by Crippen LogP contribution is -2.32. The standard InChI is InChI=1S/C26H31N3O6/c1-17(2)16-35-21-8-5-7-19(15-21)23-22(24(30)18-9-11-20(12-10-18)29(33)34)25(31)26(32)28(23)14-6-13-27(3)4/h5,7-12,15,17,23,30H,6,13-14,16H2,1-4H3/b24-22+. The van der Waals surface area contributed by atoms with Gasteiger partial charge in [-0.25, -0.2) is 0 Å². The van der Waals surface area contributed by atoms with E-state index in [4.69, 9.17) is 4.74 Å². The fourth-order valence-electron chi connectivity index (χ4n) is 3.95. The largest absolute Gasteiger partial charge is 0.507 e. The Labute approximate surface area is 204 Å². The second kappa shape index (κ2) is 11.1. The number of likely N-dealkylation sites (tertiary alicyclic amines) is 1. The number of benzene rings is 2. The van der Waals surface area contributed by atoms with Gasteiger partial charge in [-0.2, -0.15) is 0 Å². The van der Waals surface area contributed by atoms with E-state index in [1.807, 2.05) is 32.8 Å². The van der Waals surface area contributed by atoms with E-state index in [2.05, 4.69) is 0 Å². The van der Waals surface area contributed by atoms with Gasteiger partial charge in [0.2, 0.25) is 0 Å². The Hall–Kier alpha value is -3.72. The summed E-state index contributed by atoms with van der Waals surface area (Å²) in [6.07, 6.45) is 0.637. The van der Waals surface area contributed by atoms with Crippen LogP contribution in [-0.2, 0) is 9.59 Å². The number of carbonyl (C=O) groups excluding carboxylic acids is 2. The zero-order valence-electron chi connectivity index (χ0n) is 20.4. The molecule has 186 valence electrons. The number of Topliss-reactive ketones (excluding diaryl/α,β-unsaturated/α-hetero) is 1. The van der Waals surface area contributed by atoms with Crippen LogP contribution in [0.3, 0.4) is 0 Å². The smallest absolute Gasteiger partial charge is 0.295 e. The maximum absolute atomic E-state index is 13.1. The van der Waals surface area contributed by atoms with Gasteiger partial charge in [-0.15, -0.1) is 0 Å². The lowest BCUT2D eigenvalue weighted by molar-refractivity contribution is -0.384. The summed E-state index contributed by atoms with van der Waals surface area (Å²) < 4.78 is 5.85. The van der Waals surface area contributed by atoms with E-state index in [0.717, 1.165) is 6.54 Å². The van der Waals surface area contributed by atoms with Crippen LogP contribution in [-0.4, -0.2) is 65.3 Å². The molecule has 3 rings (SSSR count). The summed E-state index contributed by atoms with van der Waals surface area (Å²) >= 11 is 0. The molecule has 1 amide bonds. The van der Waals surface area contributed by atoms with E-state index < -0.39 is 22.7 Å². The van der Waals surface area contributed by atoms with Gasteiger partial charge in [-0.05, 0) is 62.8 Å². The van der Waals surface area contributed by atoms with E-state index in [9.17, 15) is 24.8 Å². The first-order valence-corrected chi connectivity index (χ1v) is 11.5. The second-order valence-corrected chi connectivity index (χ2v) is 9.23. The molecule has 0 bridgehead atoms. The van der Waals surface area contributed by atoms with Crippen LogP contribution >= 0.6 is 0 Å². The Morgan fingerprint density at radius 3 is 2.46 bits per heavy atom. The number of hydrogen-bond donors (Lipinski definition) is 1. The van der Waals surface area contributed by atoms with Crippen LogP contribution in [0.4, 0.5) is 5.69 Å². The number of ether oxygens (including phenoxy) is 1. The highest BCUT2D eigenvalue weighted by molar-refractivity contribution is 6.46. The molecular weight excluding hydrogens is 450 g/mol. The van der Waals surface area contributed by atoms with Crippen molar-refractivity contribution in [1.82, 2.24) is 9.80 Å². The molecule has 2 aromatic carbocycles. The highest BCUT2D eigenvalue weighted by atomic mass is 16.6. The zero-order valence-corrected chi connectivity index (χ0v) is 20.4. The summed E-state index contributed by atoms with van der Waals surface area (Å²) in [4.78, 5) is 40.1. The van der Waals surface area contributed by atoms with Gasteiger partial charge in [0, 0.05) is 24.2 Å². The van der Waals surface area contributed by atoms with E-state index in [0.29, 0.717) is 36.8 Å². The lowest BCUT2D eigenvalue weighted by Gasteiger charge is -2.26. The molecule has 1 unspecified atom stereocenters. The summed E-state index contributed by atoms with van der Waals surface area (Å²) in [7, 11) is 3.85. The molecule has 1 aliphatic heterocycles. The van der Waals surface area contributed by atoms with Gasteiger partial charge in [-0.1, -0.05) is 26.0 Å². The summed E-state index contributed by atoms with van der Waals surface area (Å²) in [5.41, 5.74) is 0.671. The SMILES string of the molecule is CC(C)COc1cccc(C2/C(=C(\O)c3ccc([N+](=O)[O-])cc3)C(=O)C(=O)N2CCCN(C)C)c1. The van der Waals surface area contributed by atoms with Gasteiger partial charge in [0.15, 0.2) is 0 Å². The molecule has 1 N–H and O–H groups in total. The van der Waals surface area contributed by atoms with Crippen LogP contribution in [0.15, 0.2) is 54.1 Å². The van der Waals surface area contributed by atoms with Gasteiger partial charge < -0.3 is 19.6 Å². The summed E-state index contributed by atoms with van der Waals surface area (Å²) in [6.45, 7) is 5.62. The monoisotopic (exact) mass is 481 g/mol. The average molecular weight is 482 g/mol. The Balaban J connectivity index is 2.07. The molecule has 0 saturated carbocycles. The van der Waals surface area contributed by atoms with Crippen molar-refractivity contribution in [2.24, 2.45) is 5.92 Å². The first kappa shape index (κ1) is 25.9. The fourth-order valence-corrected chi connectivity index (χ4v) is 3.95. The molecule has 1 saturated heterocycles. The van der Waals surface area contributed by atoms with Gasteiger partial charge in [-0.3, -0.25) is 19.7 Å². The van der Waals surface area contributed by atoms with Crippen molar-refractivity contribution in [3.63, 3.8) is 0 Å². The Morgan fingerprint density at radius 1 is 1.17 bits per heavy atom. The van der Waals surface area contributed by atoms with Crippen molar-refractivity contribution in [3.05, 3.63) is 75.3 Å². The molecule has 1 fully saturated rings. The Kier molecular flexibility index (Phi) is 8.24. The van der Waals surface area contributed by atoms with Gasteiger partial charge >= 0.3 is 0 Å². The molecule has 0 aliphatic carbocycles. The number of aliphatic hydroxyl groups is 1. The van der Waals surface area contributed by atoms with Crippen LogP contribution in [0.2, 0.25) is 0 Å². The lowest BCUT2D eigenvalue weighted by atomic mass is 9.95. The Bertz CT molecular complexity index is 1120. The van der Waals surface area contributed by atoms with Crippen molar-refractivity contribution in [1.29, 1.82) is 0 Å². The average Bonchev–Trinajstić information content (AvgIpc) is 3.07. The molecule has 0 spiro atoms. The first-order valence-electron chi connectivity index (χ1n) is 11.5. The van der Waals surface area contributed by atoms with Crippen molar-refractivity contribution in [2.45, 2.75) is 26.3 Å². The third kappa shape index (κ3) is 6.05. The number of carbonyl (C=O) groups is 2. The molecule has 9 nitrogen and oxygen atoms in total. The zero-order chi connectivity index (χ0) is 25.7. The number of nitrogens with zero attached hydrogens (tertiary/aromatic N) is 3. The van der Waals surface area contributed by atoms with Gasteiger partial charge in [0.1, 0.15) is 11.5 Å². The molecule has 1 atom stereocenters. The molecule has 1 aliphatic rings. The normalized spacial score (nSPS) is 17.4. The minimum Gasteiger partial charge on any atom is -0.507 e. The molecule has 0 aromatic heterocycles. The molecule has 9 heteroatoms. The minimum absolute atomic E-state index is 0.0466. The maximum Gasteiger partial charge on any atom is 0.295 e. The highest BCUT2D eigenvalue weighted by Crippen LogP contribution is 2.40.